The van der Waals surface area contributed by atoms with Crippen molar-refractivity contribution in [3.8, 4) is 0 Å². The number of carbonyl (C=O) groups is 2. The summed E-state index contributed by atoms with van der Waals surface area (Å²) in [5.41, 5.74) is 0.0186. The molecule has 1 saturated carbocycles. The second-order valence-corrected chi connectivity index (χ2v) is 7.30. The van der Waals surface area contributed by atoms with E-state index in [9.17, 15) is 9.59 Å². The molecule has 1 aromatic rings. The Bertz CT molecular complexity index is 556. The predicted octanol–water partition coefficient (Wildman–Crippen LogP) is 4.38. The Morgan fingerprint density at radius 2 is 1.88 bits per heavy atom. The molecule has 1 atom stereocenters. The topological polar surface area (TPSA) is 64.6 Å². The fraction of sp³-hybridized carbons (Fsp3) is 0.579. The summed E-state index contributed by atoms with van der Waals surface area (Å²) in [6.45, 7) is 2.25. The van der Waals surface area contributed by atoms with Gasteiger partial charge in [0.25, 0.3) is 0 Å². The fourth-order valence-corrected chi connectivity index (χ4v) is 3.34. The molecule has 138 valence electrons. The summed E-state index contributed by atoms with van der Waals surface area (Å²) >= 11 is 5.66. The van der Waals surface area contributed by atoms with Gasteiger partial charge in [-0.1, -0.05) is 61.2 Å². The number of ether oxygens (including phenoxy) is 2. The molecule has 25 heavy (non-hydrogen) atoms. The zero-order chi connectivity index (χ0) is 18.1. The molecule has 1 aliphatic rings. The van der Waals surface area contributed by atoms with Gasteiger partial charge >= 0.3 is 12.1 Å². The van der Waals surface area contributed by atoms with Crippen LogP contribution in [-0.4, -0.2) is 24.2 Å². The lowest BCUT2D eigenvalue weighted by molar-refractivity contribution is -0.148. The largest absolute Gasteiger partial charge is 0.461 e. The first-order valence-corrected chi connectivity index (χ1v) is 9.21. The molecule has 2 rings (SSSR count). The summed E-state index contributed by atoms with van der Waals surface area (Å²) < 4.78 is 10.3. The van der Waals surface area contributed by atoms with E-state index in [0.29, 0.717) is 13.0 Å². The van der Waals surface area contributed by atoms with Crippen molar-refractivity contribution < 1.29 is 19.1 Å². The highest BCUT2D eigenvalue weighted by atomic mass is 35.5. The van der Waals surface area contributed by atoms with E-state index < -0.39 is 11.7 Å². The summed E-state index contributed by atoms with van der Waals surface area (Å²) in [4.78, 5) is 24.0. The van der Waals surface area contributed by atoms with Gasteiger partial charge in [0.15, 0.2) is 5.56 Å². The van der Waals surface area contributed by atoms with Gasteiger partial charge in [-0.3, -0.25) is 4.79 Å². The van der Waals surface area contributed by atoms with Gasteiger partial charge in [-0.25, -0.2) is 4.79 Å². The van der Waals surface area contributed by atoms with Gasteiger partial charge in [-0.2, -0.15) is 0 Å². The number of alkyl halides is 1. The fourth-order valence-electron chi connectivity index (χ4n) is 3.26. The van der Waals surface area contributed by atoms with Crippen LogP contribution in [0.25, 0.3) is 0 Å². The number of alkyl carbamates (subject to hydrolysis) is 1. The standard InChI is InChI=1S/C19H26ClNO4/c1-15(20)25-18(23)21-14-19(10-6-3-7-11-19)12-17(22)24-13-16-8-4-2-5-9-16/h2,4-5,8-9,15H,3,6-7,10-14H2,1H3,(H,21,23). The van der Waals surface area contributed by atoms with Gasteiger partial charge in [-0.05, 0) is 30.7 Å². The van der Waals surface area contributed by atoms with Crippen LogP contribution in [0.15, 0.2) is 30.3 Å². The summed E-state index contributed by atoms with van der Waals surface area (Å²) in [7, 11) is 0. The Morgan fingerprint density at radius 3 is 2.52 bits per heavy atom. The highest BCUT2D eigenvalue weighted by molar-refractivity contribution is 6.19. The number of hydrogen-bond acceptors (Lipinski definition) is 4. The van der Waals surface area contributed by atoms with Crippen LogP contribution in [0.4, 0.5) is 4.79 Å². The number of esters is 1. The van der Waals surface area contributed by atoms with Gasteiger partial charge < -0.3 is 14.8 Å². The van der Waals surface area contributed by atoms with E-state index in [-0.39, 0.29) is 18.0 Å². The maximum absolute atomic E-state index is 12.3. The maximum atomic E-state index is 12.3. The summed E-state index contributed by atoms with van der Waals surface area (Å²) in [6.07, 6.45) is 4.79. The lowest BCUT2D eigenvalue weighted by Crippen LogP contribution is -2.41. The van der Waals surface area contributed by atoms with E-state index in [0.717, 1.165) is 37.7 Å². The third kappa shape index (κ3) is 6.94. The molecule has 0 radical (unpaired) electrons. The average molecular weight is 368 g/mol. The third-order valence-electron chi connectivity index (χ3n) is 4.55. The van der Waals surface area contributed by atoms with E-state index in [2.05, 4.69) is 5.32 Å². The van der Waals surface area contributed by atoms with Crippen molar-refractivity contribution in [1.29, 1.82) is 0 Å². The number of nitrogens with one attached hydrogen (secondary N) is 1. The molecule has 0 heterocycles. The molecule has 1 fully saturated rings. The van der Waals surface area contributed by atoms with Crippen molar-refractivity contribution in [3.05, 3.63) is 35.9 Å². The Kier molecular flexibility index (Phi) is 7.56. The molecule has 0 spiro atoms. The van der Waals surface area contributed by atoms with Crippen molar-refractivity contribution in [1.82, 2.24) is 5.32 Å². The number of amides is 1. The Morgan fingerprint density at radius 1 is 1.20 bits per heavy atom. The van der Waals surface area contributed by atoms with Gasteiger partial charge in [-0.15, -0.1) is 0 Å². The van der Waals surface area contributed by atoms with Crippen molar-refractivity contribution in [2.24, 2.45) is 5.41 Å². The van der Waals surface area contributed by atoms with Gasteiger partial charge in [0.05, 0.1) is 6.42 Å². The van der Waals surface area contributed by atoms with Crippen LogP contribution in [0.2, 0.25) is 0 Å². The van der Waals surface area contributed by atoms with Crippen LogP contribution in [0, 0.1) is 5.41 Å². The summed E-state index contributed by atoms with van der Waals surface area (Å²) in [5.74, 6) is -0.230. The molecule has 1 amide bonds. The molecule has 1 unspecified atom stereocenters. The number of rotatable bonds is 7. The van der Waals surface area contributed by atoms with Crippen molar-refractivity contribution >= 4 is 23.7 Å². The minimum atomic E-state index is -0.682. The number of hydrogen-bond donors (Lipinski definition) is 1. The molecular weight excluding hydrogens is 342 g/mol. The summed E-state index contributed by atoms with van der Waals surface area (Å²) in [5, 5.41) is 2.75. The molecule has 0 aromatic heterocycles. The summed E-state index contributed by atoms with van der Waals surface area (Å²) in [6, 6.07) is 9.61. The van der Waals surface area contributed by atoms with Crippen LogP contribution in [0.3, 0.4) is 0 Å². The molecule has 1 aromatic carbocycles. The molecule has 0 aliphatic heterocycles. The predicted molar refractivity (Wildman–Crippen MR) is 96.2 cm³/mol. The van der Waals surface area contributed by atoms with Crippen molar-refractivity contribution in [2.45, 2.75) is 57.6 Å². The molecule has 1 aliphatic carbocycles. The van der Waals surface area contributed by atoms with Crippen LogP contribution in [0.1, 0.15) is 51.0 Å². The van der Waals surface area contributed by atoms with E-state index >= 15 is 0 Å². The second kappa shape index (κ2) is 9.66. The minimum Gasteiger partial charge on any atom is -0.461 e. The normalized spacial score (nSPS) is 17.4. The molecule has 1 N–H and O–H groups in total. The zero-order valence-electron chi connectivity index (χ0n) is 14.6. The molecule has 6 heteroatoms. The van der Waals surface area contributed by atoms with Crippen LogP contribution >= 0.6 is 11.6 Å². The number of halogens is 1. The van der Waals surface area contributed by atoms with Crippen molar-refractivity contribution in [3.63, 3.8) is 0 Å². The van der Waals surface area contributed by atoms with Gasteiger partial charge in [0.2, 0.25) is 0 Å². The highest BCUT2D eigenvalue weighted by Crippen LogP contribution is 2.39. The lowest BCUT2D eigenvalue weighted by Gasteiger charge is -2.36. The molecule has 0 saturated heterocycles. The van der Waals surface area contributed by atoms with Crippen LogP contribution in [0.5, 0.6) is 0 Å². The quantitative estimate of drug-likeness (QED) is 0.573. The molecular formula is C19H26ClNO4. The molecule has 5 nitrogen and oxygen atoms in total. The Balaban J connectivity index is 1.87. The number of benzene rings is 1. The first-order valence-electron chi connectivity index (χ1n) is 8.77. The number of carbonyl (C=O) groups excluding carboxylic acids is 2. The van der Waals surface area contributed by atoms with Crippen LogP contribution < -0.4 is 5.32 Å². The Labute approximate surface area is 154 Å². The van der Waals surface area contributed by atoms with Crippen molar-refractivity contribution in [2.75, 3.05) is 6.54 Å². The van der Waals surface area contributed by atoms with E-state index in [4.69, 9.17) is 21.1 Å². The maximum Gasteiger partial charge on any atom is 0.408 e. The Hall–Kier alpha value is -1.75. The van der Waals surface area contributed by atoms with Crippen LogP contribution in [-0.2, 0) is 20.9 Å². The van der Waals surface area contributed by atoms with Gasteiger partial charge in [0, 0.05) is 6.54 Å². The minimum absolute atomic E-state index is 0.230. The average Bonchev–Trinajstić information content (AvgIpc) is 2.59. The van der Waals surface area contributed by atoms with E-state index in [1.165, 1.54) is 0 Å². The van der Waals surface area contributed by atoms with Gasteiger partial charge in [0.1, 0.15) is 6.61 Å². The van der Waals surface area contributed by atoms with E-state index in [1.54, 1.807) is 6.92 Å². The SMILES string of the molecule is CC(Cl)OC(=O)NCC1(CC(=O)OCc2ccccc2)CCCCC1. The zero-order valence-corrected chi connectivity index (χ0v) is 15.4. The second-order valence-electron chi connectivity index (χ2n) is 6.69. The lowest BCUT2D eigenvalue weighted by atomic mass is 9.71. The molecule has 0 bridgehead atoms. The highest BCUT2D eigenvalue weighted by Gasteiger charge is 2.35. The van der Waals surface area contributed by atoms with E-state index in [1.807, 2.05) is 30.3 Å². The smallest absolute Gasteiger partial charge is 0.408 e. The third-order valence-corrected chi connectivity index (χ3v) is 4.64. The first kappa shape index (κ1) is 19.6. The monoisotopic (exact) mass is 367 g/mol. The first-order chi connectivity index (χ1) is 12.0.